The largest absolute Gasteiger partial charge is 0.378 e. The predicted molar refractivity (Wildman–Crippen MR) is 93.1 cm³/mol. The number of nitrogens with zero attached hydrogens (tertiary/aromatic N) is 3. The molecule has 0 spiro atoms. The third kappa shape index (κ3) is 3.37. The van der Waals surface area contributed by atoms with E-state index in [9.17, 15) is 4.79 Å². The lowest BCUT2D eigenvalue weighted by atomic mass is 10.2. The van der Waals surface area contributed by atoms with Gasteiger partial charge in [-0.15, -0.1) is 11.3 Å². The molecule has 7 heteroatoms. The number of hydrogen-bond donors (Lipinski definition) is 1. The highest BCUT2D eigenvalue weighted by atomic mass is 32.2. The number of fused-ring (bicyclic) bond motifs is 1. The standard InChI is InChI=1S/C15H14N4OS2/c1-10-3-2-4-11(7-10)17-14(16)22-9-12-8-13(20)19-5-6-21-15(19)18-12/h2-8H,9H2,1H3,(H2,16,17). The first-order valence-corrected chi connectivity index (χ1v) is 8.48. The average Bonchev–Trinajstić information content (AvgIpc) is 2.94. The second-order valence-corrected chi connectivity index (χ2v) is 6.59. The van der Waals surface area contributed by atoms with Crippen molar-refractivity contribution in [2.75, 3.05) is 0 Å². The smallest absolute Gasteiger partial charge is 0.258 e. The van der Waals surface area contributed by atoms with Gasteiger partial charge < -0.3 is 5.73 Å². The van der Waals surface area contributed by atoms with Crippen molar-refractivity contribution in [3.63, 3.8) is 0 Å². The number of aromatic nitrogens is 2. The van der Waals surface area contributed by atoms with Gasteiger partial charge in [0, 0.05) is 23.4 Å². The van der Waals surface area contributed by atoms with Crippen molar-refractivity contribution in [1.29, 1.82) is 0 Å². The lowest BCUT2D eigenvalue weighted by molar-refractivity contribution is 1.04. The van der Waals surface area contributed by atoms with E-state index in [1.807, 2.05) is 36.6 Å². The quantitative estimate of drug-likeness (QED) is 0.592. The molecule has 0 amide bonds. The third-order valence-electron chi connectivity index (χ3n) is 2.97. The minimum Gasteiger partial charge on any atom is -0.378 e. The van der Waals surface area contributed by atoms with E-state index in [1.165, 1.54) is 33.6 Å². The molecule has 0 bridgehead atoms. The topological polar surface area (TPSA) is 72.8 Å². The summed E-state index contributed by atoms with van der Waals surface area (Å²) in [5, 5.41) is 2.30. The van der Waals surface area contributed by atoms with E-state index >= 15 is 0 Å². The molecular formula is C15H14N4OS2. The fraction of sp³-hybridized carbons (Fsp3) is 0.133. The molecule has 0 radical (unpaired) electrons. The first-order chi connectivity index (χ1) is 10.6. The van der Waals surface area contributed by atoms with Gasteiger partial charge in [-0.25, -0.2) is 9.98 Å². The van der Waals surface area contributed by atoms with Crippen LogP contribution in [0.4, 0.5) is 5.69 Å². The summed E-state index contributed by atoms with van der Waals surface area (Å²) < 4.78 is 1.53. The number of rotatable bonds is 3. The molecule has 112 valence electrons. The van der Waals surface area contributed by atoms with Crippen molar-refractivity contribution < 1.29 is 0 Å². The highest BCUT2D eigenvalue weighted by Crippen LogP contribution is 2.17. The number of hydrogen-bond acceptors (Lipinski definition) is 5. The normalized spacial score (nSPS) is 12.0. The Morgan fingerprint density at radius 1 is 1.45 bits per heavy atom. The van der Waals surface area contributed by atoms with E-state index in [2.05, 4.69) is 9.98 Å². The SMILES string of the molecule is Cc1cccc(N=C(N)SCc2cc(=O)n3ccsc3n2)c1. The monoisotopic (exact) mass is 330 g/mol. The Morgan fingerprint density at radius 3 is 3.14 bits per heavy atom. The van der Waals surface area contributed by atoms with Gasteiger partial charge in [-0.2, -0.15) is 0 Å². The molecule has 2 aromatic heterocycles. The Kier molecular flexibility index (Phi) is 4.26. The fourth-order valence-corrected chi connectivity index (χ4v) is 3.32. The number of aliphatic imine (C=N–C) groups is 1. The van der Waals surface area contributed by atoms with Crippen LogP contribution in [-0.2, 0) is 5.75 Å². The molecule has 0 fully saturated rings. The number of aryl methyl sites for hydroxylation is 1. The molecule has 5 nitrogen and oxygen atoms in total. The number of amidine groups is 1. The van der Waals surface area contributed by atoms with Crippen LogP contribution in [-0.4, -0.2) is 14.6 Å². The van der Waals surface area contributed by atoms with Crippen molar-refractivity contribution in [1.82, 2.24) is 9.38 Å². The van der Waals surface area contributed by atoms with E-state index < -0.39 is 0 Å². The summed E-state index contributed by atoms with van der Waals surface area (Å²) in [5.41, 5.74) is 8.54. The van der Waals surface area contributed by atoms with Gasteiger partial charge in [0.2, 0.25) is 0 Å². The van der Waals surface area contributed by atoms with Gasteiger partial charge in [0.15, 0.2) is 10.1 Å². The Labute approximate surface area is 135 Å². The van der Waals surface area contributed by atoms with Gasteiger partial charge in [-0.1, -0.05) is 23.9 Å². The molecule has 22 heavy (non-hydrogen) atoms. The second-order valence-electron chi connectivity index (χ2n) is 4.72. The third-order valence-corrected chi connectivity index (χ3v) is 4.55. The van der Waals surface area contributed by atoms with Crippen molar-refractivity contribution in [2.24, 2.45) is 10.7 Å². The van der Waals surface area contributed by atoms with E-state index in [0.717, 1.165) is 11.3 Å². The molecular weight excluding hydrogens is 316 g/mol. The average molecular weight is 330 g/mol. The summed E-state index contributed by atoms with van der Waals surface area (Å²) in [6.07, 6.45) is 1.72. The lowest BCUT2D eigenvalue weighted by Gasteiger charge is -2.02. The number of nitrogens with two attached hydrogens (primary N) is 1. The lowest BCUT2D eigenvalue weighted by Crippen LogP contribution is -2.13. The van der Waals surface area contributed by atoms with E-state index in [0.29, 0.717) is 21.6 Å². The maximum atomic E-state index is 11.9. The zero-order chi connectivity index (χ0) is 15.5. The minimum atomic E-state index is -0.0731. The van der Waals surface area contributed by atoms with Crippen LogP contribution >= 0.6 is 23.1 Å². The summed E-state index contributed by atoms with van der Waals surface area (Å²) in [7, 11) is 0. The van der Waals surface area contributed by atoms with Crippen molar-refractivity contribution in [3.8, 4) is 0 Å². The molecule has 0 atom stereocenters. The van der Waals surface area contributed by atoms with Crippen LogP contribution in [0.15, 0.2) is 51.7 Å². The first kappa shape index (κ1) is 14.8. The molecule has 0 saturated carbocycles. The Bertz CT molecular complexity index is 898. The summed E-state index contributed by atoms with van der Waals surface area (Å²) in [4.78, 5) is 21.4. The van der Waals surface area contributed by atoms with Crippen LogP contribution in [0.2, 0.25) is 0 Å². The summed E-state index contributed by atoms with van der Waals surface area (Å²) >= 11 is 2.81. The molecule has 3 aromatic rings. The molecule has 0 unspecified atom stereocenters. The van der Waals surface area contributed by atoms with Crippen LogP contribution in [0.25, 0.3) is 4.96 Å². The molecule has 0 saturated heterocycles. The van der Waals surface area contributed by atoms with E-state index in [1.54, 1.807) is 6.20 Å². The van der Waals surface area contributed by atoms with Gasteiger partial charge in [0.1, 0.15) is 0 Å². The first-order valence-electron chi connectivity index (χ1n) is 6.61. The molecule has 2 N–H and O–H groups in total. The second kappa shape index (κ2) is 6.33. The zero-order valence-corrected chi connectivity index (χ0v) is 13.5. The minimum absolute atomic E-state index is 0.0731. The van der Waals surface area contributed by atoms with Crippen molar-refractivity contribution in [3.05, 3.63) is 63.5 Å². The Hall–Kier alpha value is -2.12. The van der Waals surface area contributed by atoms with Gasteiger partial charge >= 0.3 is 0 Å². The molecule has 0 aliphatic heterocycles. The number of benzene rings is 1. The fourth-order valence-electron chi connectivity index (χ4n) is 1.97. The van der Waals surface area contributed by atoms with Crippen LogP contribution < -0.4 is 11.3 Å². The summed E-state index contributed by atoms with van der Waals surface area (Å²) in [6.45, 7) is 2.01. The predicted octanol–water partition coefficient (Wildman–Crippen LogP) is 2.94. The van der Waals surface area contributed by atoms with Gasteiger partial charge in [-0.3, -0.25) is 9.20 Å². The molecule has 0 aliphatic carbocycles. The molecule has 2 heterocycles. The summed E-state index contributed by atoms with van der Waals surface area (Å²) in [5.74, 6) is 0.519. The molecule has 3 rings (SSSR count). The van der Waals surface area contributed by atoms with E-state index in [4.69, 9.17) is 5.73 Å². The van der Waals surface area contributed by atoms with Crippen LogP contribution in [0.5, 0.6) is 0 Å². The van der Waals surface area contributed by atoms with Crippen molar-refractivity contribution in [2.45, 2.75) is 12.7 Å². The molecule has 1 aromatic carbocycles. The maximum Gasteiger partial charge on any atom is 0.258 e. The van der Waals surface area contributed by atoms with Crippen molar-refractivity contribution >= 4 is 38.9 Å². The zero-order valence-electron chi connectivity index (χ0n) is 11.9. The van der Waals surface area contributed by atoms with E-state index in [-0.39, 0.29) is 5.56 Å². The maximum absolute atomic E-state index is 11.9. The van der Waals surface area contributed by atoms with Crippen LogP contribution in [0.1, 0.15) is 11.3 Å². The van der Waals surface area contributed by atoms with Gasteiger partial charge in [0.25, 0.3) is 5.56 Å². The molecule has 0 aliphatic rings. The highest BCUT2D eigenvalue weighted by molar-refractivity contribution is 8.13. The van der Waals surface area contributed by atoms with Gasteiger partial charge in [0.05, 0.1) is 11.4 Å². The van der Waals surface area contributed by atoms with Crippen LogP contribution in [0, 0.1) is 6.92 Å². The Balaban J connectivity index is 1.74. The van der Waals surface area contributed by atoms with Crippen LogP contribution in [0.3, 0.4) is 0 Å². The summed E-state index contributed by atoms with van der Waals surface area (Å²) in [6, 6.07) is 9.36. The van der Waals surface area contributed by atoms with Gasteiger partial charge in [-0.05, 0) is 24.6 Å². The number of thioether (sulfide) groups is 1. The highest BCUT2D eigenvalue weighted by Gasteiger charge is 2.05. The Morgan fingerprint density at radius 2 is 2.32 bits per heavy atom. The number of thiazole rings is 1.